The molecule has 1 aromatic carbocycles. The van der Waals surface area contributed by atoms with Gasteiger partial charge in [-0.1, -0.05) is 23.2 Å². The van der Waals surface area contributed by atoms with Crippen molar-refractivity contribution < 1.29 is 5.11 Å². The van der Waals surface area contributed by atoms with Crippen molar-refractivity contribution >= 4 is 34.5 Å². The number of benzene rings is 1. The van der Waals surface area contributed by atoms with Gasteiger partial charge in [0.25, 0.3) is 0 Å². The summed E-state index contributed by atoms with van der Waals surface area (Å²) in [5, 5.41) is 14.4. The largest absolute Gasteiger partial charge is 0.387 e. The Bertz CT molecular complexity index is 556. The van der Waals surface area contributed by atoms with E-state index in [0.717, 1.165) is 6.54 Å². The van der Waals surface area contributed by atoms with Gasteiger partial charge in [-0.2, -0.15) is 0 Å². The first-order chi connectivity index (χ1) is 9.06. The molecular formula is C14H15Cl2NOS. The van der Waals surface area contributed by atoms with E-state index in [1.54, 1.807) is 29.5 Å². The summed E-state index contributed by atoms with van der Waals surface area (Å²) in [6.45, 7) is 3.26. The fourth-order valence-corrected chi connectivity index (χ4v) is 3.08. The summed E-state index contributed by atoms with van der Waals surface area (Å²) in [5.74, 6) is 0. The first-order valence-corrected chi connectivity index (χ1v) is 7.52. The molecule has 0 fully saturated rings. The van der Waals surface area contributed by atoms with Crippen LogP contribution in [0, 0.1) is 6.92 Å². The predicted octanol–water partition coefficient (Wildman–Crippen LogP) is 4.19. The number of nitrogens with one attached hydrogen (secondary N) is 1. The highest BCUT2D eigenvalue weighted by atomic mass is 35.5. The molecule has 2 N–H and O–H groups in total. The van der Waals surface area contributed by atoms with E-state index < -0.39 is 6.10 Å². The third-order valence-electron chi connectivity index (χ3n) is 2.75. The molecule has 2 rings (SSSR count). The summed E-state index contributed by atoms with van der Waals surface area (Å²) in [7, 11) is 0. The number of rotatable bonds is 5. The second kappa shape index (κ2) is 6.73. The quantitative estimate of drug-likeness (QED) is 0.867. The Morgan fingerprint density at radius 3 is 2.74 bits per heavy atom. The van der Waals surface area contributed by atoms with Gasteiger partial charge in [0.05, 0.1) is 6.10 Å². The molecule has 1 heterocycles. The highest BCUT2D eigenvalue weighted by molar-refractivity contribution is 7.11. The molecule has 1 unspecified atom stereocenters. The number of aryl methyl sites for hydroxylation is 1. The van der Waals surface area contributed by atoms with Gasteiger partial charge in [0, 0.05) is 38.5 Å². The lowest BCUT2D eigenvalue weighted by atomic mass is 10.1. The SMILES string of the molecule is Cc1ccc(CNCC(O)c2cc(Cl)ccc2Cl)s1. The van der Waals surface area contributed by atoms with Crippen LogP contribution in [0.1, 0.15) is 21.4 Å². The van der Waals surface area contributed by atoms with Crippen LogP contribution >= 0.6 is 34.5 Å². The lowest BCUT2D eigenvalue weighted by Gasteiger charge is -2.13. The highest BCUT2D eigenvalue weighted by Gasteiger charge is 2.12. The molecule has 0 aliphatic heterocycles. The molecule has 0 bridgehead atoms. The Labute approximate surface area is 127 Å². The van der Waals surface area contributed by atoms with E-state index in [0.29, 0.717) is 22.2 Å². The summed E-state index contributed by atoms with van der Waals surface area (Å²) in [6.07, 6.45) is -0.660. The maximum absolute atomic E-state index is 10.1. The van der Waals surface area contributed by atoms with E-state index in [4.69, 9.17) is 23.2 Å². The lowest BCUT2D eigenvalue weighted by Crippen LogP contribution is -2.20. The van der Waals surface area contributed by atoms with Crippen molar-refractivity contribution in [3.8, 4) is 0 Å². The van der Waals surface area contributed by atoms with Crippen molar-refractivity contribution in [2.75, 3.05) is 6.54 Å². The van der Waals surface area contributed by atoms with Gasteiger partial charge in [0.1, 0.15) is 0 Å². The Kier molecular flexibility index (Phi) is 5.25. The molecule has 2 aromatic rings. The van der Waals surface area contributed by atoms with Crippen LogP contribution in [-0.4, -0.2) is 11.7 Å². The maximum Gasteiger partial charge on any atom is 0.0929 e. The number of hydrogen-bond acceptors (Lipinski definition) is 3. The molecule has 0 amide bonds. The highest BCUT2D eigenvalue weighted by Crippen LogP contribution is 2.26. The van der Waals surface area contributed by atoms with Crippen molar-refractivity contribution in [2.45, 2.75) is 19.6 Å². The van der Waals surface area contributed by atoms with E-state index in [-0.39, 0.29) is 0 Å². The minimum atomic E-state index is -0.660. The summed E-state index contributed by atoms with van der Waals surface area (Å²) in [5.41, 5.74) is 0.657. The van der Waals surface area contributed by atoms with Crippen LogP contribution in [0.2, 0.25) is 10.0 Å². The fourth-order valence-electron chi connectivity index (χ4n) is 1.79. The standard InChI is InChI=1S/C14H15Cl2NOS/c1-9-2-4-11(19-9)7-17-8-14(18)12-6-10(15)3-5-13(12)16/h2-6,14,17-18H,7-8H2,1H3. The van der Waals surface area contributed by atoms with Crippen molar-refractivity contribution in [1.82, 2.24) is 5.32 Å². The molecule has 0 saturated carbocycles. The normalized spacial score (nSPS) is 12.6. The Morgan fingerprint density at radius 1 is 1.26 bits per heavy atom. The molecule has 1 atom stereocenters. The van der Waals surface area contributed by atoms with Gasteiger partial charge in [0.15, 0.2) is 0 Å². The Hall–Kier alpha value is -0.580. The van der Waals surface area contributed by atoms with Crippen molar-refractivity contribution in [2.24, 2.45) is 0 Å². The zero-order chi connectivity index (χ0) is 13.8. The molecule has 0 aliphatic rings. The first kappa shape index (κ1) is 14.8. The molecule has 0 radical (unpaired) electrons. The average molecular weight is 316 g/mol. The maximum atomic E-state index is 10.1. The summed E-state index contributed by atoms with van der Waals surface area (Å²) in [6, 6.07) is 9.29. The molecule has 19 heavy (non-hydrogen) atoms. The predicted molar refractivity (Wildman–Crippen MR) is 82.2 cm³/mol. The van der Waals surface area contributed by atoms with Crippen molar-refractivity contribution in [3.05, 3.63) is 55.7 Å². The minimum absolute atomic E-state index is 0.441. The number of hydrogen-bond donors (Lipinski definition) is 2. The van der Waals surface area contributed by atoms with E-state index in [1.165, 1.54) is 9.75 Å². The molecule has 0 saturated heterocycles. The third-order valence-corrected chi connectivity index (χ3v) is 4.33. The molecule has 102 valence electrons. The molecule has 5 heteroatoms. The zero-order valence-electron chi connectivity index (χ0n) is 10.5. The van der Waals surface area contributed by atoms with Gasteiger partial charge in [-0.25, -0.2) is 0 Å². The van der Waals surface area contributed by atoms with Gasteiger partial charge in [0.2, 0.25) is 0 Å². The lowest BCUT2D eigenvalue weighted by molar-refractivity contribution is 0.174. The molecule has 2 nitrogen and oxygen atoms in total. The fraction of sp³-hybridized carbons (Fsp3) is 0.286. The van der Waals surface area contributed by atoms with E-state index in [2.05, 4.69) is 24.4 Å². The number of halogens is 2. The van der Waals surface area contributed by atoms with Crippen molar-refractivity contribution in [1.29, 1.82) is 0 Å². The number of aliphatic hydroxyl groups is 1. The summed E-state index contributed by atoms with van der Waals surface area (Å²) in [4.78, 5) is 2.54. The second-order valence-electron chi connectivity index (χ2n) is 4.32. The van der Waals surface area contributed by atoms with Gasteiger partial charge in [-0.15, -0.1) is 11.3 Å². The summed E-state index contributed by atoms with van der Waals surface area (Å²) >= 11 is 13.7. The molecular weight excluding hydrogens is 301 g/mol. The topological polar surface area (TPSA) is 32.3 Å². The van der Waals surface area contributed by atoms with Crippen LogP contribution in [0.4, 0.5) is 0 Å². The van der Waals surface area contributed by atoms with Gasteiger partial charge < -0.3 is 10.4 Å². The van der Waals surface area contributed by atoms with Crippen LogP contribution in [-0.2, 0) is 6.54 Å². The number of aliphatic hydroxyl groups excluding tert-OH is 1. The van der Waals surface area contributed by atoms with Crippen LogP contribution in [0.15, 0.2) is 30.3 Å². The van der Waals surface area contributed by atoms with E-state index in [9.17, 15) is 5.11 Å². The smallest absolute Gasteiger partial charge is 0.0929 e. The second-order valence-corrected chi connectivity index (χ2v) is 6.54. The van der Waals surface area contributed by atoms with Crippen molar-refractivity contribution in [3.63, 3.8) is 0 Å². The minimum Gasteiger partial charge on any atom is -0.387 e. The molecule has 1 aromatic heterocycles. The van der Waals surface area contributed by atoms with E-state index in [1.807, 2.05) is 0 Å². The van der Waals surface area contributed by atoms with E-state index >= 15 is 0 Å². The Morgan fingerprint density at radius 2 is 2.05 bits per heavy atom. The van der Waals surface area contributed by atoms with Crippen LogP contribution < -0.4 is 5.32 Å². The van der Waals surface area contributed by atoms with Crippen LogP contribution in [0.25, 0.3) is 0 Å². The molecule has 0 aliphatic carbocycles. The van der Waals surface area contributed by atoms with Gasteiger partial charge in [-0.05, 0) is 37.3 Å². The Balaban J connectivity index is 1.90. The average Bonchev–Trinajstić information content (AvgIpc) is 2.78. The van der Waals surface area contributed by atoms with Gasteiger partial charge >= 0.3 is 0 Å². The molecule has 0 spiro atoms. The monoisotopic (exact) mass is 315 g/mol. The zero-order valence-corrected chi connectivity index (χ0v) is 12.8. The van der Waals surface area contributed by atoms with Crippen LogP contribution in [0.5, 0.6) is 0 Å². The van der Waals surface area contributed by atoms with Crippen LogP contribution in [0.3, 0.4) is 0 Å². The summed E-state index contributed by atoms with van der Waals surface area (Å²) < 4.78 is 0. The van der Waals surface area contributed by atoms with Gasteiger partial charge in [-0.3, -0.25) is 0 Å². The number of thiophene rings is 1. The third kappa shape index (κ3) is 4.20. The first-order valence-electron chi connectivity index (χ1n) is 5.95.